The number of amides is 1. The lowest BCUT2D eigenvalue weighted by Gasteiger charge is -2.09. The molecule has 0 aromatic heterocycles. The van der Waals surface area contributed by atoms with Crippen molar-refractivity contribution in [2.24, 2.45) is 0 Å². The second-order valence-corrected chi connectivity index (χ2v) is 6.18. The first-order chi connectivity index (χ1) is 9.88. The molecule has 0 spiro atoms. The second-order valence-electron chi connectivity index (χ2n) is 4.41. The van der Waals surface area contributed by atoms with Gasteiger partial charge in [0.25, 0.3) is 5.91 Å². The van der Waals surface area contributed by atoms with E-state index in [1.54, 1.807) is 24.3 Å². The molecular formula is C15H11Br2NO3. The molecule has 0 fully saturated rings. The van der Waals surface area contributed by atoms with Gasteiger partial charge in [-0.3, -0.25) is 4.79 Å². The first-order valence-electron chi connectivity index (χ1n) is 5.99. The smallest absolute Gasteiger partial charge is 0.337 e. The maximum absolute atomic E-state index is 12.2. The number of carboxylic acids is 1. The van der Waals surface area contributed by atoms with Crippen LogP contribution in [0.5, 0.6) is 0 Å². The van der Waals surface area contributed by atoms with Gasteiger partial charge in [-0.05, 0) is 42.8 Å². The highest BCUT2D eigenvalue weighted by atomic mass is 79.9. The van der Waals surface area contributed by atoms with Crippen molar-refractivity contribution < 1.29 is 14.7 Å². The molecule has 0 aliphatic rings. The Hall–Kier alpha value is -1.66. The summed E-state index contributed by atoms with van der Waals surface area (Å²) in [6, 6.07) is 9.88. The fourth-order valence-electron chi connectivity index (χ4n) is 1.73. The number of hydrogen-bond acceptors (Lipinski definition) is 2. The molecule has 0 atom stereocenters. The summed E-state index contributed by atoms with van der Waals surface area (Å²) < 4.78 is 1.46. The molecule has 0 heterocycles. The minimum atomic E-state index is -1.10. The van der Waals surface area contributed by atoms with Gasteiger partial charge in [-0.25, -0.2) is 4.79 Å². The molecule has 0 saturated heterocycles. The maximum atomic E-state index is 12.2. The Morgan fingerprint density at radius 2 is 1.81 bits per heavy atom. The molecular weight excluding hydrogens is 402 g/mol. The molecule has 2 aromatic carbocycles. The van der Waals surface area contributed by atoms with Crippen LogP contribution in [0.25, 0.3) is 0 Å². The van der Waals surface area contributed by atoms with E-state index in [9.17, 15) is 14.7 Å². The Labute approximate surface area is 138 Å². The van der Waals surface area contributed by atoms with Crippen molar-refractivity contribution in [3.8, 4) is 0 Å². The SMILES string of the molecule is Cc1ccc(C(=O)Nc2ccc(Br)cc2C(=O)O)cc1Br. The minimum absolute atomic E-state index is 0.0314. The summed E-state index contributed by atoms with van der Waals surface area (Å²) in [6.45, 7) is 1.92. The lowest BCUT2D eigenvalue weighted by atomic mass is 10.1. The van der Waals surface area contributed by atoms with Crippen LogP contribution < -0.4 is 5.32 Å². The van der Waals surface area contributed by atoms with Gasteiger partial charge in [0.15, 0.2) is 0 Å². The molecule has 2 aromatic rings. The summed E-state index contributed by atoms with van der Waals surface area (Å²) in [5.74, 6) is -1.46. The molecule has 4 nitrogen and oxygen atoms in total. The normalized spacial score (nSPS) is 10.2. The average Bonchev–Trinajstić information content (AvgIpc) is 2.43. The molecule has 1 amide bonds. The first-order valence-corrected chi connectivity index (χ1v) is 7.57. The van der Waals surface area contributed by atoms with E-state index in [-0.39, 0.29) is 17.2 Å². The summed E-state index contributed by atoms with van der Waals surface area (Å²) in [5.41, 5.74) is 1.75. The Morgan fingerprint density at radius 1 is 1.10 bits per heavy atom. The zero-order chi connectivity index (χ0) is 15.6. The first kappa shape index (κ1) is 15.7. The minimum Gasteiger partial charge on any atom is -0.478 e. The van der Waals surface area contributed by atoms with Crippen molar-refractivity contribution in [1.82, 2.24) is 0 Å². The zero-order valence-corrected chi connectivity index (χ0v) is 14.2. The van der Waals surface area contributed by atoms with Crippen LogP contribution in [0.3, 0.4) is 0 Å². The third-order valence-corrected chi connectivity index (χ3v) is 4.24. The second kappa shape index (κ2) is 6.41. The van der Waals surface area contributed by atoms with Crippen molar-refractivity contribution in [3.63, 3.8) is 0 Å². The van der Waals surface area contributed by atoms with Gasteiger partial charge in [0.05, 0.1) is 11.3 Å². The molecule has 0 unspecified atom stereocenters. The lowest BCUT2D eigenvalue weighted by molar-refractivity contribution is 0.0698. The lowest BCUT2D eigenvalue weighted by Crippen LogP contribution is -2.15. The van der Waals surface area contributed by atoms with E-state index in [4.69, 9.17) is 0 Å². The number of halogens is 2. The summed E-state index contributed by atoms with van der Waals surface area (Å²) in [6.07, 6.45) is 0. The summed E-state index contributed by atoms with van der Waals surface area (Å²) in [5, 5.41) is 11.8. The number of carbonyl (C=O) groups is 2. The average molecular weight is 413 g/mol. The largest absolute Gasteiger partial charge is 0.478 e. The van der Waals surface area contributed by atoms with E-state index in [2.05, 4.69) is 37.2 Å². The summed E-state index contributed by atoms with van der Waals surface area (Å²) in [7, 11) is 0. The van der Waals surface area contributed by atoms with E-state index >= 15 is 0 Å². The Kier molecular flexibility index (Phi) is 4.80. The molecule has 2 N–H and O–H groups in total. The Morgan fingerprint density at radius 3 is 2.43 bits per heavy atom. The monoisotopic (exact) mass is 411 g/mol. The van der Waals surface area contributed by atoms with Gasteiger partial charge in [-0.2, -0.15) is 0 Å². The van der Waals surface area contributed by atoms with Gasteiger partial charge in [0.2, 0.25) is 0 Å². The fourth-order valence-corrected chi connectivity index (χ4v) is 2.47. The number of rotatable bonds is 3. The number of carboxylic acid groups (broad SMARTS) is 1. The predicted molar refractivity (Wildman–Crippen MR) is 87.9 cm³/mol. The van der Waals surface area contributed by atoms with Crippen LogP contribution in [-0.2, 0) is 0 Å². The molecule has 2 rings (SSSR count). The highest BCUT2D eigenvalue weighted by Gasteiger charge is 2.14. The van der Waals surface area contributed by atoms with E-state index in [0.29, 0.717) is 10.0 Å². The van der Waals surface area contributed by atoms with E-state index < -0.39 is 5.97 Å². The van der Waals surface area contributed by atoms with Crippen LogP contribution in [0.1, 0.15) is 26.3 Å². The molecule has 6 heteroatoms. The quantitative estimate of drug-likeness (QED) is 0.781. The van der Waals surface area contributed by atoms with Crippen LogP contribution in [-0.4, -0.2) is 17.0 Å². The number of hydrogen-bond donors (Lipinski definition) is 2. The molecule has 0 aliphatic heterocycles. The Balaban J connectivity index is 2.31. The van der Waals surface area contributed by atoms with Gasteiger partial charge in [0, 0.05) is 14.5 Å². The van der Waals surface area contributed by atoms with Gasteiger partial charge in [-0.15, -0.1) is 0 Å². The molecule has 0 bridgehead atoms. The Bertz CT molecular complexity index is 729. The molecule has 0 aliphatic carbocycles. The van der Waals surface area contributed by atoms with Crippen LogP contribution in [0.2, 0.25) is 0 Å². The number of benzene rings is 2. The predicted octanol–water partition coefficient (Wildman–Crippen LogP) is 4.47. The highest BCUT2D eigenvalue weighted by molar-refractivity contribution is 9.10. The standard InChI is InChI=1S/C15H11Br2NO3/c1-8-2-3-9(6-12(8)17)14(19)18-13-5-4-10(16)7-11(13)15(20)21/h2-7H,1H3,(H,18,19)(H,20,21). The third kappa shape index (κ3) is 3.71. The summed E-state index contributed by atoms with van der Waals surface area (Å²) in [4.78, 5) is 23.4. The fraction of sp³-hybridized carbons (Fsp3) is 0.0667. The van der Waals surface area contributed by atoms with Gasteiger partial charge in [-0.1, -0.05) is 37.9 Å². The summed E-state index contributed by atoms with van der Waals surface area (Å²) >= 11 is 6.58. The van der Waals surface area contributed by atoms with E-state index in [0.717, 1.165) is 10.0 Å². The number of anilines is 1. The van der Waals surface area contributed by atoms with Gasteiger partial charge >= 0.3 is 5.97 Å². The number of carbonyl (C=O) groups excluding carboxylic acids is 1. The van der Waals surface area contributed by atoms with Gasteiger partial charge < -0.3 is 10.4 Å². The molecule has 0 saturated carbocycles. The topological polar surface area (TPSA) is 66.4 Å². The number of aryl methyl sites for hydroxylation is 1. The highest BCUT2D eigenvalue weighted by Crippen LogP contribution is 2.23. The van der Waals surface area contributed by atoms with E-state index in [1.807, 2.05) is 13.0 Å². The van der Waals surface area contributed by atoms with Crippen molar-refractivity contribution in [3.05, 3.63) is 62.0 Å². The van der Waals surface area contributed by atoms with Crippen LogP contribution in [0.15, 0.2) is 45.3 Å². The van der Waals surface area contributed by atoms with Gasteiger partial charge in [0.1, 0.15) is 0 Å². The van der Waals surface area contributed by atoms with Crippen molar-refractivity contribution in [1.29, 1.82) is 0 Å². The maximum Gasteiger partial charge on any atom is 0.337 e. The van der Waals surface area contributed by atoms with Crippen molar-refractivity contribution in [2.75, 3.05) is 5.32 Å². The van der Waals surface area contributed by atoms with Crippen LogP contribution in [0, 0.1) is 6.92 Å². The molecule has 108 valence electrons. The molecule has 21 heavy (non-hydrogen) atoms. The number of nitrogens with one attached hydrogen (secondary N) is 1. The molecule has 0 radical (unpaired) electrons. The van der Waals surface area contributed by atoms with Crippen LogP contribution in [0.4, 0.5) is 5.69 Å². The van der Waals surface area contributed by atoms with Crippen molar-refractivity contribution >= 4 is 49.4 Å². The number of aromatic carboxylic acids is 1. The van der Waals surface area contributed by atoms with E-state index in [1.165, 1.54) is 6.07 Å². The van der Waals surface area contributed by atoms with Crippen molar-refractivity contribution in [2.45, 2.75) is 6.92 Å². The van der Waals surface area contributed by atoms with Crippen LogP contribution >= 0.6 is 31.9 Å². The zero-order valence-electron chi connectivity index (χ0n) is 11.0. The third-order valence-electron chi connectivity index (χ3n) is 2.89.